The highest BCUT2D eigenvalue weighted by molar-refractivity contribution is 5.18. The summed E-state index contributed by atoms with van der Waals surface area (Å²) in [5.74, 6) is 0. The van der Waals surface area contributed by atoms with E-state index in [2.05, 4.69) is 36.5 Å². The number of benzene rings is 1. The van der Waals surface area contributed by atoms with Crippen LogP contribution in [-0.4, -0.2) is 32.5 Å². The van der Waals surface area contributed by atoms with E-state index >= 15 is 0 Å². The summed E-state index contributed by atoms with van der Waals surface area (Å²) >= 11 is 0. The Labute approximate surface area is 109 Å². The molecule has 3 nitrogen and oxygen atoms in total. The van der Waals surface area contributed by atoms with Crippen LogP contribution < -0.4 is 5.32 Å². The molecule has 0 spiro atoms. The van der Waals surface area contributed by atoms with Gasteiger partial charge in [-0.15, -0.1) is 0 Å². The molecule has 100 valence electrons. The van der Waals surface area contributed by atoms with Crippen LogP contribution in [0.4, 0.5) is 0 Å². The van der Waals surface area contributed by atoms with Crippen molar-refractivity contribution in [2.45, 2.75) is 31.9 Å². The largest absolute Gasteiger partial charge is 0.379 e. The Morgan fingerprint density at radius 3 is 2.89 bits per heavy atom. The lowest BCUT2D eigenvalue weighted by Crippen LogP contribution is -2.28. The van der Waals surface area contributed by atoms with E-state index in [1.165, 1.54) is 5.56 Å². The average Bonchev–Trinajstić information content (AvgIpc) is 2.93. The number of hydrogen-bond donors (Lipinski definition) is 1. The number of rotatable bonds is 7. The molecular formula is C15H23NO2. The van der Waals surface area contributed by atoms with Crippen LogP contribution in [-0.2, 0) is 9.47 Å². The Balaban J connectivity index is 1.87. The minimum absolute atomic E-state index is 0.277. The Kier molecular flexibility index (Phi) is 5.65. The average molecular weight is 249 g/mol. The van der Waals surface area contributed by atoms with Crippen molar-refractivity contribution in [2.75, 3.05) is 26.4 Å². The molecule has 0 amide bonds. The number of ether oxygens (including phenoxy) is 2. The molecule has 0 bridgehead atoms. The van der Waals surface area contributed by atoms with Crippen molar-refractivity contribution in [3.05, 3.63) is 35.9 Å². The van der Waals surface area contributed by atoms with Gasteiger partial charge in [-0.25, -0.2) is 0 Å². The zero-order chi connectivity index (χ0) is 12.6. The lowest BCUT2D eigenvalue weighted by atomic mass is 10.1. The summed E-state index contributed by atoms with van der Waals surface area (Å²) in [6.07, 6.45) is 2.44. The van der Waals surface area contributed by atoms with Gasteiger partial charge >= 0.3 is 0 Å². The van der Waals surface area contributed by atoms with Crippen LogP contribution in [0, 0.1) is 0 Å². The SMILES string of the molecule is CCCNC(COC1CCOC1)c1ccccc1. The van der Waals surface area contributed by atoms with Gasteiger partial charge in [0.25, 0.3) is 0 Å². The Morgan fingerprint density at radius 1 is 1.39 bits per heavy atom. The van der Waals surface area contributed by atoms with Crippen LogP contribution in [0.5, 0.6) is 0 Å². The fraction of sp³-hybridized carbons (Fsp3) is 0.600. The molecule has 1 fully saturated rings. The first-order valence-electron chi connectivity index (χ1n) is 6.88. The van der Waals surface area contributed by atoms with Gasteiger partial charge in [-0.2, -0.15) is 0 Å². The van der Waals surface area contributed by atoms with Gasteiger partial charge in [-0.1, -0.05) is 37.3 Å². The van der Waals surface area contributed by atoms with Crippen molar-refractivity contribution in [1.82, 2.24) is 5.32 Å². The van der Waals surface area contributed by atoms with Gasteiger partial charge in [0.2, 0.25) is 0 Å². The predicted octanol–water partition coefficient (Wildman–Crippen LogP) is 2.53. The van der Waals surface area contributed by atoms with Crippen LogP contribution >= 0.6 is 0 Å². The van der Waals surface area contributed by atoms with Gasteiger partial charge in [0.15, 0.2) is 0 Å². The fourth-order valence-electron chi connectivity index (χ4n) is 2.15. The first-order valence-corrected chi connectivity index (χ1v) is 6.88. The minimum Gasteiger partial charge on any atom is -0.379 e. The summed E-state index contributed by atoms with van der Waals surface area (Å²) in [7, 11) is 0. The highest BCUT2D eigenvalue weighted by Crippen LogP contribution is 2.16. The van der Waals surface area contributed by atoms with Gasteiger partial charge in [-0.3, -0.25) is 0 Å². The summed E-state index contributed by atoms with van der Waals surface area (Å²) in [5, 5.41) is 3.54. The molecule has 1 saturated heterocycles. The van der Waals surface area contributed by atoms with Gasteiger partial charge in [0.1, 0.15) is 0 Å². The van der Waals surface area contributed by atoms with Crippen molar-refractivity contribution in [3.63, 3.8) is 0 Å². The van der Waals surface area contributed by atoms with E-state index in [-0.39, 0.29) is 12.1 Å². The molecule has 1 aromatic carbocycles. The molecule has 2 atom stereocenters. The van der Waals surface area contributed by atoms with Crippen LogP contribution in [0.15, 0.2) is 30.3 Å². The lowest BCUT2D eigenvalue weighted by molar-refractivity contribution is 0.0298. The Morgan fingerprint density at radius 2 is 2.22 bits per heavy atom. The van der Waals surface area contributed by atoms with Crippen LogP contribution in [0.3, 0.4) is 0 Å². The maximum absolute atomic E-state index is 5.93. The predicted molar refractivity (Wildman–Crippen MR) is 72.7 cm³/mol. The zero-order valence-electron chi connectivity index (χ0n) is 11.1. The van der Waals surface area contributed by atoms with E-state index in [9.17, 15) is 0 Å². The second-order valence-corrected chi connectivity index (χ2v) is 4.74. The highest BCUT2D eigenvalue weighted by atomic mass is 16.5. The molecule has 18 heavy (non-hydrogen) atoms. The Bertz CT molecular complexity index is 323. The van der Waals surface area contributed by atoms with Gasteiger partial charge in [-0.05, 0) is 24.9 Å². The summed E-state index contributed by atoms with van der Waals surface area (Å²) in [5.41, 5.74) is 1.30. The summed E-state index contributed by atoms with van der Waals surface area (Å²) in [4.78, 5) is 0. The fourth-order valence-corrected chi connectivity index (χ4v) is 2.15. The molecule has 1 heterocycles. The molecule has 1 aromatic rings. The number of nitrogens with one attached hydrogen (secondary N) is 1. The first-order chi connectivity index (χ1) is 8.90. The molecule has 1 N–H and O–H groups in total. The molecule has 0 aromatic heterocycles. The summed E-state index contributed by atoms with van der Waals surface area (Å²) in [6, 6.07) is 10.8. The second-order valence-electron chi connectivity index (χ2n) is 4.74. The van der Waals surface area contributed by atoms with Gasteiger partial charge in [0.05, 0.1) is 25.4 Å². The van der Waals surface area contributed by atoms with E-state index in [4.69, 9.17) is 9.47 Å². The minimum atomic E-state index is 0.277. The van der Waals surface area contributed by atoms with Crippen LogP contribution in [0.25, 0.3) is 0 Å². The van der Waals surface area contributed by atoms with Crippen molar-refractivity contribution in [1.29, 1.82) is 0 Å². The van der Waals surface area contributed by atoms with Crippen molar-refractivity contribution in [2.24, 2.45) is 0 Å². The van der Waals surface area contributed by atoms with Crippen LogP contribution in [0.2, 0.25) is 0 Å². The van der Waals surface area contributed by atoms with E-state index in [0.29, 0.717) is 0 Å². The van der Waals surface area contributed by atoms with Crippen LogP contribution in [0.1, 0.15) is 31.4 Å². The molecule has 2 rings (SSSR count). The molecule has 3 heteroatoms. The third-order valence-electron chi connectivity index (χ3n) is 3.23. The molecule has 1 aliphatic heterocycles. The molecule has 1 aliphatic rings. The quantitative estimate of drug-likeness (QED) is 0.805. The van der Waals surface area contributed by atoms with Gasteiger partial charge in [0, 0.05) is 6.61 Å². The molecular weight excluding hydrogens is 226 g/mol. The number of hydrogen-bond acceptors (Lipinski definition) is 3. The zero-order valence-corrected chi connectivity index (χ0v) is 11.1. The maximum atomic E-state index is 5.93. The van der Waals surface area contributed by atoms with E-state index in [0.717, 1.165) is 39.2 Å². The Hall–Kier alpha value is -0.900. The topological polar surface area (TPSA) is 30.5 Å². The summed E-state index contributed by atoms with van der Waals surface area (Å²) < 4.78 is 11.3. The van der Waals surface area contributed by atoms with Gasteiger partial charge < -0.3 is 14.8 Å². The molecule has 0 saturated carbocycles. The lowest BCUT2D eigenvalue weighted by Gasteiger charge is -2.21. The maximum Gasteiger partial charge on any atom is 0.0831 e. The third-order valence-corrected chi connectivity index (χ3v) is 3.23. The van der Waals surface area contributed by atoms with E-state index in [1.807, 2.05) is 6.07 Å². The molecule has 0 aliphatic carbocycles. The van der Waals surface area contributed by atoms with Crippen molar-refractivity contribution >= 4 is 0 Å². The second kappa shape index (κ2) is 7.52. The smallest absolute Gasteiger partial charge is 0.0831 e. The highest BCUT2D eigenvalue weighted by Gasteiger charge is 2.18. The normalized spacial score (nSPS) is 21.1. The standard InChI is InChI=1S/C15H23NO2/c1-2-9-16-15(13-6-4-3-5-7-13)12-18-14-8-10-17-11-14/h3-7,14-16H,2,8-12H2,1H3. The van der Waals surface area contributed by atoms with Crippen molar-refractivity contribution < 1.29 is 9.47 Å². The third kappa shape index (κ3) is 4.09. The molecule has 0 radical (unpaired) electrons. The van der Waals surface area contributed by atoms with E-state index in [1.54, 1.807) is 0 Å². The first kappa shape index (κ1) is 13.5. The summed E-state index contributed by atoms with van der Waals surface area (Å²) in [6.45, 7) is 5.50. The monoisotopic (exact) mass is 249 g/mol. The van der Waals surface area contributed by atoms with E-state index < -0.39 is 0 Å². The molecule has 2 unspecified atom stereocenters. The van der Waals surface area contributed by atoms with Crippen molar-refractivity contribution in [3.8, 4) is 0 Å².